The molecule has 0 bridgehead atoms. The molecule has 0 radical (unpaired) electrons. The van der Waals surface area contributed by atoms with Gasteiger partial charge in [-0.05, 0) is 11.5 Å². The van der Waals surface area contributed by atoms with Crippen LogP contribution >= 0.6 is 0 Å². The van der Waals surface area contributed by atoms with Crippen molar-refractivity contribution in [2.45, 2.75) is 25.4 Å². The van der Waals surface area contributed by atoms with Gasteiger partial charge in [0.05, 0.1) is 7.11 Å². The van der Waals surface area contributed by atoms with Crippen molar-refractivity contribution < 1.29 is 14.3 Å². The molecule has 0 aromatic heterocycles. The third-order valence-electron chi connectivity index (χ3n) is 2.34. The monoisotopic (exact) mass is 218 g/mol. The first-order valence-electron chi connectivity index (χ1n) is 4.54. The number of ether oxygens (including phenoxy) is 1. The number of carbonyl (C=O) groups excluding carboxylic acids is 2. The van der Waals surface area contributed by atoms with Crippen LogP contribution < -0.4 is 11.1 Å². The highest BCUT2D eigenvalue weighted by Crippen LogP contribution is 2.17. The maximum absolute atomic E-state index is 11.1. The fraction of sp³-hybridized carbons (Fsp3) is 0.750. The van der Waals surface area contributed by atoms with Gasteiger partial charge in [-0.25, -0.2) is 4.79 Å². The summed E-state index contributed by atoms with van der Waals surface area (Å²) in [7, 11) is 2.05. The zero-order valence-corrected chi connectivity index (χ0v) is 11.0. The molecule has 0 heterocycles. The van der Waals surface area contributed by atoms with Crippen molar-refractivity contribution in [1.29, 1.82) is 0 Å². The van der Waals surface area contributed by atoms with Crippen LogP contribution in [-0.4, -0.2) is 35.4 Å². The summed E-state index contributed by atoms with van der Waals surface area (Å²) in [5, 5.41) is 2.45. The number of rotatable bonds is 4. The minimum absolute atomic E-state index is 0.117. The van der Waals surface area contributed by atoms with Gasteiger partial charge in [0.2, 0.25) is 5.91 Å². The molecule has 3 N–H and O–H groups in total. The van der Waals surface area contributed by atoms with E-state index in [1.54, 1.807) is 0 Å². The summed E-state index contributed by atoms with van der Waals surface area (Å²) in [5.74, 6) is -0.194. The molecule has 0 rings (SSSR count). The second kappa shape index (κ2) is 5.64. The molecular formula is C8H18N2O3Si. The van der Waals surface area contributed by atoms with Crippen LogP contribution in [0.15, 0.2) is 0 Å². The number of hydrogen-bond acceptors (Lipinski definition) is 3. The minimum atomic E-state index is -0.617. The van der Waals surface area contributed by atoms with Crippen molar-refractivity contribution in [3.8, 4) is 0 Å². The van der Waals surface area contributed by atoms with E-state index in [1.165, 1.54) is 7.11 Å². The molecule has 2 unspecified atom stereocenters. The number of carbonyl (C=O) groups is 2. The number of alkyl carbamates (subject to hydrolysis) is 1. The molecule has 0 aliphatic heterocycles. The Labute approximate surface area is 86.8 Å². The average Bonchev–Trinajstić information content (AvgIpc) is 2.11. The Morgan fingerprint density at radius 2 is 1.93 bits per heavy atom. The largest absolute Gasteiger partial charge is 0.453 e. The SMILES string of the molecule is COC(=O)NC(C(N)=O)C([SiH3])C(C)C. The third kappa shape index (κ3) is 3.78. The summed E-state index contributed by atoms with van der Waals surface area (Å²) in [4.78, 5) is 22.0. The maximum Gasteiger partial charge on any atom is 0.407 e. The van der Waals surface area contributed by atoms with Gasteiger partial charge in [-0.1, -0.05) is 13.8 Å². The van der Waals surface area contributed by atoms with Crippen LogP contribution in [0.25, 0.3) is 0 Å². The predicted molar refractivity (Wildman–Crippen MR) is 57.1 cm³/mol. The molecule has 82 valence electrons. The lowest BCUT2D eigenvalue weighted by molar-refractivity contribution is -0.120. The third-order valence-corrected chi connectivity index (χ3v) is 4.34. The van der Waals surface area contributed by atoms with Crippen molar-refractivity contribution >= 4 is 22.2 Å². The van der Waals surface area contributed by atoms with E-state index in [0.29, 0.717) is 5.92 Å². The molecule has 0 saturated heterocycles. The van der Waals surface area contributed by atoms with Gasteiger partial charge in [0.25, 0.3) is 0 Å². The van der Waals surface area contributed by atoms with E-state index in [4.69, 9.17) is 5.73 Å². The molecule has 0 fully saturated rings. The van der Waals surface area contributed by atoms with E-state index in [-0.39, 0.29) is 5.54 Å². The average molecular weight is 218 g/mol. The summed E-state index contributed by atoms with van der Waals surface area (Å²) in [5.41, 5.74) is 5.31. The molecule has 0 aromatic rings. The van der Waals surface area contributed by atoms with Crippen LogP contribution in [-0.2, 0) is 9.53 Å². The van der Waals surface area contributed by atoms with Gasteiger partial charge in [0.1, 0.15) is 6.04 Å². The van der Waals surface area contributed by atoms with Crippen molar-refractivity contribution in [2.24, 2.45) is 11.7 Å². The second-order valence-electron chi connectivity index (χ2n) is 3.62. The Balaban J connectivity index is 4.44. The quantitative estimate of drug-likeness (QED) is 0.594. The molecule has 14 heavy (non-hydrogen) atoms. The van der Waals surface area contributed by atoms with Crippen LogP contribution in [0.3, 0.4) is 0 Å². The number of primary amides is 1. The van der Waals surface area contributed by atoms with Gasteiger partial charge in [0, 0.05) is 10.2 Å². The van der Waals surface area contributed by atoms with E-state index in [2.05, 4.69) is 10.1 Å². The van der Waals surface area contributed by atoms with E-state index in [9.17, 15) is 9.59 Å². The van der Waals surface area contributed by atoms with Crippen molar-refractivity contribution in [2.75, 3.05) is 7.11 Å². The summed E-state index contributed by atoms with van der Waals surface area (Å²) in [6.07, 6.45) is -0.615. The van der Waals surface area contributed by atoms with E-state index >= 15 is 0 Å². The van der Waals surface area contributed by atoms with Gasteiger partial charge >= 0.3 is 6.09 Å². The van der Waals surface area contributed by atoms with E-state index < -0.39 is 18.0 Å². The number of nitrogens with two attached hydrogens (primary N) is 1. The standard InChI is InChI=1S/C8H18N2O3Si/c1-4(2)6(14)5(7(9)11)10-8(12)13-3/h4-6H,1-3,14H3,(H2,9,11)(H,10,12). The highest BCUT2D eigenvalue weighted by molar-refractivity contribution is 6.14. The molecule has 0 spiro atoms. The van der Waals surface area contributed by atoms with Gasteiger partial charge < -0.3 is 15.8 Å². The van der Waals surface area contributed by atoms with Crippen LogP contribution in [0.5, 0.6) is 0 Å². The molecule has 0 aromatic carbocycles. The number of nitrogens with one attached hydrogen (secondary N) is 1. The van der Waals surface area contributed by atoms with Crippen molar-refractivity contribution in [3.63, 3.8) is 0 Å². The molecule has 0 aliphatic rings. The molecular weight excluding hydrogens is 200 g/mol. The second-order valence-corrected chi connectivity index (χ2v) is 4.95. The fourth-order valence-electron chi connectivity index (χ4n) is 1.03. The lowest BCUT2D eigenvalue weighted by Crippen LogP contribution is -2.48. The summed E-state index contributed by atoms with van der Waals surface area (Å²) >= 11 is 0. The molecule has 5 nitrogen and oxygen atoms in total. The molecule has 6 heteroatoms. The molecule has 2 atom stereocenters. The normalized spacial score (nSPS) is 14.9. The first-order valence-corrected chi connectivity index (χ1v) is 5.69. The molecule has 2 amide bonds. The van der Waals surface area contributed by atoms with Crippen molar-refractivity contribution in [3.05, 3.63) is 0 Å². The maximum atomic E-state index is 11.1. The van der Waals surface area contributed by atoms with Crippen LogP contribution in [0.4, 0.5) is 4.79 Å². The Morgan fingerprint density at radius 3 is 2.21 bits per heavy atom. The van der Waals surface area contributed by atoms with E-state index in [0.717, 1.165) is 10.2 Å². The smallest absolute Gasteiger partial charge is 0.407 e. The fourth-order valence-corrected chi connectivity index (χ4v) is 1.53. The number of hydrogen-bond donors (Lipinski definition) is 2. The first-order chi connectivity index (χ1) is 6.40. The van der Waals surface area contributed by atoms with Crippen LogP contribution in [0.2, 0.25) is 5.54 Å². The Hall–Kier alpha value is -1.04. The van der Waals surface area contributed by atoms with Gasteiger partial charge in [-0.3, -0.25) is 4.79 Å². The Morgan fingerprint density at radius 1 is 1.43 bits per heavy atom. The summed E-state index contributed by atoms with van der Waals surface area (Å²) in [6.45, 7) is 3.99. The molecule has 0 saturated carbocycles. The highest BCUT2D eigenvalue weighted by Gasteiger charge is 2.26. The van der Waals surface area contributed by atoms with Crippen LogP contribution in [0, 0.1) is 5.92 Å². The minimum Gasteiger partial charge on any atom is -0.453 e. The lowest BCUT2D eigenvalue weighted by Gasteiger charge is -2.24. The van der Waals surface area contributed by atoms with Crippen LogP contribution in [0.1, 0.15) is 13.8 Å². The van der Waals surface area contributed by atoms with Gasteiger partial charge in [0.15, 0.2) is 0 Å². The Bertz CT molecular complexity index is 221. The zero-order chi connectivity index (χ0) is 11.3. The molecule has 0 aliphatic carbocycles. The van der Waals surface area contributed by atoms with Gasteiger partial charge in [-0.2, -0.15) is 0 Å². The summed E-state index contributed by atoms with van der Waals surface area (Å²) in [6, 6.07) is -0.617. The van der Waals surface area contributed by atoms with Gasteiger partial charge in [-0.15, -0.1) is 0 Å². The first kappa shape index (κ1) is 13.0. The predicted octanol–water partition coefficient (Wildman–Crippen LogP) is -0.994. The highest BCUT2D eigenvalue weighted by atomic mass is 28.1. The number of amides is 2. The summed E-state index contributed by atoms with van der Waals surface area (Å²) < 4.78 is 4.42. The lowest BCUT2D eigenvalue weighted by atomic mass is 10.0. The zero-order valence-electron chi connectivity index (χ0n) is 9.03. The van der Waals surface area contributed by atoms with Crippen molar-refractivity contribution in [1.82, 2.24) is 5.32 Å². The topological polar surface area (TPSA) is 81.4 Å². The number of methoxy groups -OCH3 is 1. The van der Waals surface area contributed by atoms with E-state index in [1.807, 2.05) is 13.8 Å². The Kier molecular flexibility index (Phi) is 5.22.